The molecule has 1 heterocycles. The SMILES string of the molecule is Cc1ccc(N(C(=O)c2snc(C(N)=O)c2N)[C@@H](C(=O)NCCC(C)C)c2ccc(N(C)C)cc2)cc1C. The number of rotatable bonds is 10. The summed E-state index contributed by atoms with van der Waals surface area (Å²) < 4.78 is 4.01. The third-order valence-corrected chi connectivity index (χ3v) is 7.25. The molecule has 38 heavy (non-hydrogen) atoms. The second-order valence-corrected chi connectivity index (χ2v) is 10.7. The number of anilines is 3. The van der Waals surface area contributed by atoms with Gasteiger partial charge in [0.2, 0.25) is 5.91 Å². The highest BCUT2D eigenvalue weighted by molar-refractivity contribution is 7.09. The average molecular weight is 537 g/mol. The van der Waals surface area contributed by atoms with Crippen LogP contribution >= 0.6 is 11.5 Å². The Balaban J connectivity index is 2.20. The van der Waals surface area contributed by atoms with Crippen LogP contribution in [0.4, 0.5) is 17.1 Å². The Morgan fingerprint density at radius 1 is 1.00 bits per heavy atom. The molecule has 0 spiro atoms. The number of nitrogens with one attached hydrogen (secondary N) is 1. The van der Waals surface area contributed by atoms with E-state index in [0.717, 1.165) is 34.8 Å². The van der Waals surface area contributed by atoms with Crippen molar-refractivity contribution in [2.24, 2.45) is 11.7 Å². The molecular formula is C28H36N6O3S. The molecule has 9 nitrogen and oxygen atoms in total. The van der Waals surface area contributed by atoms with Crippen molar-refractivity contribution in [2.45, 2.75) is 40.2 Å². The maximum Gasteiger partial charge on any atom is 0.273 e. The van der Waals surface area contributed by atoms with Gasteiger partial charge in [-0.15, -0.1) is 0 Å². The van der Waals surface area contributed by atoms with Gasteiger partial charge in [0.25, 0.3) is 11.8 Å². The normalized spacial score (nSPS) is 11.8. The van der Waals surface area contributed by atoms with Gasteiger partial charge in [-0.2, -0.15) is 4.37 Å². The molecule has 2 aromatic carbocycles. The van der Waals surface area contributed by atoms with Crippen LogP contribution in [0.1, 0.15) is 63.2 Å². The van der Waals surface area contributed by atoms with Gasteiger partial charge >= 0.3 is 0 Å². The van der Waals surface area contributed by atoms with E-state index in [-0.39, 0.29) is 22.2 Å². The summed E-state index contributed by atoms with van der Waals surface area (Å²) in [6, 6.07) is 12.0. The van der Waals surface area contributed by atoms with Crippen LogP contribution in [-0.2, 0) is 4.79 Å². The standard InChI is InChI=1S/C28H36N6O3S/c1-16(2)13-14-31-27(36)24(19-8-11-20(12-9-19)33(5)6)34(21-10-7-17(3)18(4)15-21)28(37)25-22(29)23(26(30)35)32-38-25/h7-12,15-16,24H,13-14,29H2,1-6H3,(H2,30,35)(H,31,36)/t24-/m1/s1. The molecule has 0 aliphatic carbocycles. The molecule has 202 valence electrons. The summed E-state index contributed by atoms with van der Waals surface area (Å²) in [5, 5.41) is 3.01. The molecule has 0 saturated heterocycles. The molecule has 0 aliphatic heterocycles. The van der Waals surface area contributed by atoms with E-state index in [4.69, 9.17) is 11.5 Å². The Bertz CT molecular complexity index is 1320. The number of nitrogen functional groups attached to an aromatic ring is 1. The van der Waals surface area contributed by atoms with Gasteiger partial charge in [-0.25, -0.2) is 0 Å². The lowest BCUT2D eigenvalue weighted by Crippen LogP contribution is -2.44. The molecule has 3 amide bonds. The highest BCUT2D eigenvalue weighted by Crippen LogP contribution is 2.34. The van der Waals surface area contributed by atoms with Crippen LogP contribution in [0, 0.1) is 19.8 Å². The summed E-state index contributed by atoms with van der Waals surface area (Å²) in [5.41, 5.74) is 15.4. The zero-order chi connectivity index (χ0) is 28.1. The van der Waals surface area contributed by atoms with E-state index >= 15 is 0 Å². The number of amides is 3. The predicted octanol–water partition coefficient (Wildman–Crippen LogP) is 4.06. The van der Waals surface area contributed by atoms with Crippen LogP contribution in [0.25, 0.3) is 0 Å². The van der Waals surface area contributed by atoms with E-state index < -0.39 is 17.9 Å². The third-order valence-electron chi connectivity index (χ3n) is 6.40. The van der Waals surface area contributed by atoms with Gasteiger partial charge in [0, 0.05) is 32.0 Å². The monoisotopic (exact) mass is 536 g/mol. The van der Waals surface area contributed by atoms with E-state index in [9.17, 15) is 14.4 Å². The fourth-order valence-electron chi connectivity index (χ4n) is 3.95. The lowest BCUT2D eigenvalue weighted by molar-refractivity contribution is -0.122. The first-order valence-electron chi connectivity index (χ1n) is 12.4. The largest absolute Gasteiger partial charge is 0.395 e. The van der Waals surface area contributed by atoms with Crippen molar-refractivity contribution in [2.75, 3.05) is 36.2 Å². The molecule has 5 N–H and O–H groups in total. The number of primary amides is 1. The summed E-state index contributed by atoms with van der Waals surface area (Å²) in [6.07, 6.45) is 0.791. The van der Waals surface area contributed by atoms with Crippen molar-refractivity contribution in [3.05, 3.63) is 69.7 Å². The minimum absolute atomic E-state index is 0.0434. The number of nitrogens with two attached hydrogens (primary N) is 2. The Labute approximate surface area is 228 Å². The molecule has 0 saturated carbocycles. The van der Waals surface area contributed by atoms with E-state index in [1.165, 1.54) is 4.90 Å². The predicted molar refractivity (Wildman–Crippen MR) is 154 cm³/mol. The smallest absolute Gasteiger partial charge is 0.273 e. The summed E-state index contributed by atoms with van der Waals surface area (Å²) in [6.45, 7) is 8.54. The molecule has 3 aromatic rings. The molecule has 0 aliphatic rings. The number of benzene rings is 2. The molecule has 1 atom stereocenters. The Morgan fingerprint density at radius 2 is 1.63 bits per heavy atom. The number of aromatic nitrogens is 1. The van der Waals surface area contributed by atoms with E-state index in [1.54, 1.807) is 6.07 Å². The van der Waals surface area contributed by atoms with Crippen molar-refractivity contribution in [3.8, 4) is 0 Å². The maximum absolute atomic E-state index is 14.2. The fourth-order valence-corrected chi connectivity index (χ4v) is 4.69. The zero-order valence-corrected chi connectivity index (χ0v) is 23.6. The summed E-state index contributed by atoms with van der Waals surface area (Å²) in [4.78, 5) is 43.2. The van der Waals surface area contributed by atoms with Crippen molar-refractivity contribution in [1.82, 2.24) is 9.69 Å². The molecule has 0 bridgehead atoms. The van der Waals surface area contributed by atoms with Crippen molar-refractivity contribution in [1.29, 1.82) is 0 Å². The number of carbonyl (C=O) groups excluding carboxylic acids is 3. The van der Waals surface area contributed by atoms with Gasteiger partial charge in [-0.05, 0) is 78.7 Å². The molecule has 0 radical (unpaired) electrons. The number of carbonyl (C=O) groups is 3. The maximum atomic E-state index is 14.2. The molecule has 10 heteroatoms. The van der Waals surface area contributed by atoms with Crippen molar-refractivity contribution >= 4 is 46.3 Å². The lowest BCUT2D eigenvalue weighted by Gasteiger charge is -2.32. The molecule has 3 rings (SSSR count). The van der Waals surface area contributed by atoms with Crippen LogP contribution < -0.4 is 26.6 Å². The lowest BCUT2D eigenvalue weighted by atomic mass is 10.0. The summed E-state index contributed by atoms with van der Waals surface area (Å²) in [7, 11) is 3.86. The Morgan fingerprint density at radius 3 is 2.16 bits per heavy atom. The number of nitrogens with zero attached hydrogens (tertiary/aromatic N) is 3. The Kier molecular flexibility index (Phi) is 9.11. The van der Waals surface area contributed by atoms with E-state index in [0.29, 0.717) is 23.7 Å². The molecule has 0 fully saturated rings. The zero-order valence-electron chi connectivity index (χ0n) is 22.7. The van der Waals surface area contributed by atoms with Crippen LogP contribution in [0.2, 0.25) is 0 Å². The number of hydrogen-bond donors (Lipinski definition) is 3. The topological polar surface area (TPSA) is 135 Å². The second-order valence-electron chi connectivity index (χ2n) is 9.94. The summed E-state index contributed by atoms with van der Waals surface area (Å²) in [5.74, 6) is -1.29. The fraction of sp³-hybridized carbons (Fsp3) is 0.357. The first kappa shape index (κ1) is 28.6. The van der Waals surface area contributed by atoms with Gasteiger partial charge in [-0.3, -0.25) is 19.3 Å². The molecule has 0 unspecified atom stereocenters. The van der Waals surface area contributed by atoms with Crippen LogP contribution in [-0.4, -0.2) is 42.7 Å². The first-order chi connectivity index (χ1) is 17.9. The van der Waals surface area contributed by atoms with Crippen LogP contribution in [0.3, 0.4) is 0 Å². The van der Waals surface area contributed by atoms with E-state index in [2.05, 4.69) is 23.5 Å². The molecule has 1 aromatic heterocycles. The average Bonchev–Trinajstić information content (AvgIpc) is 3.25. The summed E-state index contributed by atoms with van der Waals surface area (Å²) >= 11 is 0.790. The van der Waals surface area contributed by atoms with Crippen LogP contribution in [0.15, 0.2) is 42.5 Å². The van der Waals surface area contributed by atoms with Gasteiger partial charge in [0.1, 0.15) is 10.9 Å². The number of aryl methyl sites for hydroxylation is 2. The van der Waals surface area contributed by atoms with Crippen LogP contribution in [0.5, 0.6) is 0 Å². The van der Waals surface area contributed by atoms with Gasteiger partial charge in [0.05, 0.1) is 5.69 Å². The minimum Gasteiger partial charge on any atom is -0.395 e. The van der Waals surface area contributed by atoms with E-state index in [1.807, 2.05) is 69.2 Å². The van der Waals surface area contributed by atoms with Crippen molar-refractivity contribution < 1.29 is 14.4 Å². The van der Waals surface area contributed by atoms with Gasteiger partial charge < -0.3 is 21.7 Å². The number of hydrogen-bond acceptors (Lipinski definition) is 7. The second kappa shape index (κ2) is 12.1. The quantitative estimate of drug-likeness (QED) is 0.358. The third kappa shape index (κ3) is 6.31. The van der Waals surface area contributed by atoms with Crippen molar-refractivity contribution in [3.63, 3.8) is 0 Å². The first-order valence-corrected chi connectivity index (χ1v) is 13.2. The van der Waals surface area contributed by atoms with Gasteiger partial charge in [-0.1, -0.05) is 32.0 Å². The molecular weight excluding hydrogens is 500 g/mol. The minimum atomic E-state index is -1.01. The van der Waals surface area contributed by atoms with Gasteiger partial charge in [0.15, 0.2) is 5.69 Å². The highest BCUT2D eigenvalue weighted by atomic mass is 32.1. The Hall–Kier alpha value is -3.92. The highest BCUT2D eigenvalue weighted by Gasteiger charge is 2.36.